The van der Waals surface area contributed by atoms with Gasteiger partial charge >= 0.3 is 0 Å². The Kier molecular flexibility index (Phi) is 5.17. The van der Waals surface area contributed by atoms with Crippen molar-refractivity contribution in [2.24, 2.45) is 5.73 Å². The molecule has 2 rings (SSSR count). The van der Waals surface area contributed by atoms with Crippen LogP contribution >= 0.6 is 0 Å². The van der Waals surface area contributed by atoms with Crippen molar-refractivity contribution in [2.75, 3.05) is 13.1 Å². The summed E-state index contributed by atoms with van der Waals surface area (Å²) in [5, 5.41) is 9.60. The summed E-state index contributed by atoms with van der Waals surface area (Å²) in [6.45, 7) is 3.92. The van der Waals surface area contributed by atoms with Gasteiger partial charge in [-0.05, 0) is 31.4 Å². The lowest BCUT2D eigenvalue weighted by Gasteiger charge is -2.35. The second kappa shape index (κ2) is 6.88. The highest BCUT2D eigenvalue weighted by Gasteiger charge is 2.32. The van der Waals surface area contributed by atoms with Gasteiger partial charge in [0.15, 0.2) is 0 Å². The van der Waals surface area contributed by atoms with E-state index in [1.165, 1.54) is 25.7 Å². The molecule has 1 saturated heterocycles. The third-order valence-electron chi connectivity index (χ3n) is 4.41. The van der Waals surface area contributed by atoms with Crippen LogP contribution in [0.5, 0.6) is 0 Å². The number of nitrogens with zero attached hydrogens (tertiary/aromatic N) is 2. The van der Waals surface area contributed by atoms with Gasteiger partial charge in [-0.25, -0.2) is 0 Å². The van der Waals surface area contributed by atoms with Gasteiger partial charge in [0.2, 0.25) is 0 Å². The number of rotatable bonds is 4. The molecule has 0 bridgehead atoms. The van der Waals surface area contributed by atoms with Gasteiger partial charge in [-0.2, -0.15) is 5.26 Å². The van der Waals surface area contributed by atoms with Crippen molar-refractivity contribution >= 4 is 0 Å². The maximum Gasteiger partial charge on any atom is 0.142 e. The fourth-order valence-electron chi connectivity index (χ4n) is 3.15. The van der Waals surface area contributed by atoms with Gasteiger partial charge in [0, 0.05) is 12.6 Å². The Morgan fingerprint density at radius 1 is 1.30 bits per heavy atom. The van der Waals surface area contributed by atoms with Gasteiger partial charge in [-0.3, -0.25) is 4.90 Å². The second-order valence-corrected chi connectivity index (χ2v) is 5.83. The van der Waals surface area contributed by atoms with E-state index in [1.807, 2.05) is 30.3 Å². The molecule has 0 saturated carbocycles. The van der Waals surface area contributed by atoms with E-state index in [-0.39, 0.29) is 0 Å². The first-order valence-corrected chi connectivity index (χ1v) is 7.69. The summed E-state index contributed by atoms with van der Waals surface area (Å²) in [7, 11) is 0. The molecule has 0 aliphatic carbocycles. The molecule has 1 aliphatic heterocycles. The Morgan fingerprint density at radius 2 is 2.05 bits per heavy atom. The largest absolute Gasteiger partial charge is 0.309 e. The van der Waals surface area contributed by atoms with E-state index < -0.39 is 5.54 Å². The van der Waals surface area contributed by atoms with Crippen LogP contribution in [-0.2, 0) is 5.54 Å². The molecule has 20 heavy (non-hydrogen) atoms. The van der Waals surface area contributed by atoms with Crippen LogP contribution in [0.2, 0.25) is 0 Å². The molecule has 1 heterocycles. The minimum atomic E-state index is -0.904. The first kappa shape index (κ1) is 15.0. The first-order chi connectivity index (χ1) is 9.69. The zero-order valence-corrected chi connectivity index (χ0v) is 12.4. The average molecular weight is 271 g/mol. The third kappa shape index (κ3) is 3.39. The molecule has 0 radical (unpaired) electrons. The van der Waals surface area contributed by atoms with Crippen molar-refractivity contribution in [3.05, 3.63) is 35.9 Å². The van der Waals surface area contributed by atoms with E-state index in [4.69, 9.17) is 5.73 Å². The summed E-state index contributed by atoms with van der Waals surface area (Å²) >= 11 is 0. The molecule has 1 fully saturated rings. The Bertz CT molecular complexity index is 451. The minimum absolute atomic E-state index is 0.567. The van der Waals surface area contributed by atoms with Crippen LogP contribution in [0.3, 0.4) is 0 Å². The Balaban J connectivity index is 2.18. The molecule has 0 aromatic heterocycles. The van der Waals surface area contributed by atoms with E-state index in [1.54, 1.807) is 0 Å². The van der Waals surface area contributed by atoms with Crippen LogP contribution in [0.25, 0.3) is 0 Å². The van der Waals surface area contributed by atoms with Crippen molar-refractivity contribution < 1.29 is 0 Å². The van der Waals surface area contributed by atoms with Crippen molar-refractivity contribution in [3.63, 3.8) is 0 Å². The average Bonchev–Trinajstić information content (AvgIpc) is 2.73. The van der Waals surface area contributed by atoms with Crippen LogP contribution in [0.15, 0.2) is 30.3 Å². The Labute approximate surface area is 122 Å². The normalized spacial score (nSPS) is 23.6. The molecule has 0 spiro atoms. The third-order valence-corrected chi connectivity index (χ3v) is 4.41. The number of nitrogens with two attached hydrogens (primary N) is 1. The topological polar surface area (TPSA) is 53.0 Å². The SMILES string of the molecule is CCC1CCCCCN1CC(N)(C#N)c1ccccc1. The van der Waals surface area contributed by atoms with Gasteiger partial charge in [-0.1, -0.05) is 50.1 Å². The highest BCUT2D eigenvalue weighted by Crippen LogP contribution is 2.25. The molecule has 2 N–H and O–H groups in total. The number of benzene rings is 1. The molecular weight excluding hydrogens is 246 g/mol. The van der Waals surface area contributed by atoms with Crippen LogP contribution in [0, 0.1) is 11.3 Å². The summed E-state index contributed by atoms with van der Waals surface area (Å²) in [6.07, 6.45) is 6.17. The van der Waals surface area contributed by atoms with Crippen molar-refractivity contribution in [3.8, 4) is 6.07 Å². The standard InChI is InChI=1S/C17H25N3/c1-2-16-11-7-4-8-12-20(16)14-17(19,13-18)15-9-5-3-6-10-15/h3,5-6,9-10,16H,2,4,7-8,11-12,14,19H2,1H3. The van der Waals surface area contributed by atoms with E-state index in [2.05, 4.69) is 17.9 Å². The van der Waals surface area contributed by atoms with E-state index in [0.717, 1.165) is 18.5 Å². The van der Waals surface area contributed by atoms with E-state index >= 15 is 0 Å². The fourth-order valence-corrected chi connectivity index (χ4v) is 3.15. The summed E-state index contributed by atoms with van der Waals surface area (Å²) in [4.78, 5) is 2.43. The van der Waals surface area contributed by atoms with Crippen molar-refractivity contribution in [1.82, 2.24) is 4.90 Å². The lowest BCUT2D eigenvalue weighted by atomic mass is 9.91. The van der Waals surface area contributed by atoms with Crippen LogP contribution < -0.4 is 5.73 Å². The zero-order chi connectivity index (χ0) is 14.4. The first-order valence-electron chi connectivity index (χ1n) is 7.69. The van der Waals surface area contributed by atoms with Gasteiger partial charge in [-0.15, -0.1) is 0 Å². The molecule has 0 amide bonds. The summed E-state index contributed by atoms with van der Waals surface area (Å²) in [6, 6.07) is 12.7. The molecule has 1 aromatic rings. The maximum absolute atomic E-state index is 9.60. The second-order valence-electron chi connectivity index (χ2n) is 5.83. The summed E-state index contributed by atoms with van der Waals surface area (Å²) < 4.78 is 0. The van der Waals surface area contributed by atoms with Crippen molar-refractivity contribution in [1.29, 1.82) is 5.26 Å². The van der Waals surface area contributed by atoms with Crippen molar-refractivity contribution in [2.45, 2.75) is 50.6 Å². The lowest BCUT2D eigenvalue weighted by Crippen LogP contribution is -2.49. The van der Waals surface area contributed by atoms with Crippen LogP contribution in [-0.4, -0.2) is 24.0 Å². The quantitative estimate of drug-likeness (QED) is 0.916. The van der Waals surface area contributed by atoms with Gasteiger partial charge in [0.25, 0.3) is 0 Å². The lowest BCUT2D eigenvalue weighted by molar-refractivity contribution is 0.167. The smallest absolute Gasteiger partial charge is 0.142 e. The van der Waals surface area contributed by atoms with E-state index in [9.17, 15) is 5.26 Å². The summed E-state index contributed by atoms with van der Waals surface area (Å²) in [5.74, 6) is 0. The predicted molar refractivity (Wildman–Crippen MR) is 82.0 cm³/mol. The van der Waals surface area contributed by atoms with E-state index in [0.29, 0.717) is 12.6 Å². The maximum atomic E-state index is 9.60. The Hall–Kier alpha value is -1.37. The molecule has 2 unspecified atom stereocenters. The highest BCUT2D eigenvalue weighted by atomic mass is 15.2. The predicted octanol–water partition coefficient (Wildman–Crippen LogP) is 3.02. The number of hydrogen-bond acceptors (Lipinski definition) is 3. The molecule has 1 aliphatic rings. The number of likely N-dealkylation sites (tertiary alicyclic amines) is 1. The molecule has 3 heteroatoms. The summed E-state index contributed by atoms with van der Waals surface area (Å²) in [5.41, 5.74) is 6.43. The van der Waals surface area contributed by atoms with Crippen LogP contribution in [0.1, 0.15) is 44.6 Å². The number of nitriles is 1. The highest BCUT2D eigenvalue weighted by molar-refractivity contribution is 5.31. The Morgan fingerprint density at radius 3 is 2.70 bits per heavy atom. The zero-order valence-electron chi connectivity index (χ0n) is 12.4. The van der Waals surface area contributed by atoms with Crippen LogP contribution in [0.4, 0.5) is 0 Å². The molecule has 108 valence electrons. The van der Waals surface area contributed by atoms with Gasteiger partial charge in [0.1, 0.15) is 5.54 Å². The molecule has 1 aromatic carbocycles. The molecule has 3 nitrogen and oxygen atoms in total. The molecule has 2 atom stereocenters. The van der Waals surface area contributed by atoms with Gasteiger partial charge in [0.05, 0.1) is 6.07 Å². The monoisotopic (exact) mass is 271 g/mol. The fraction of sp³-hybridized carbons (Fsp3) is 0.588. The number of hydrogen-bond donors (Lipinski definition) is 1. The van der Waals surface area contributed by atoms with Gasteiger partial charge < -0.3 is 5.73 Å². The minimum Gasteiger partial charge on any atom is -0.309 e. The molecular formula is C17H25N3.